The summed E-state index contributed by atoms with van der Waals surface area (Å²) in [6, 6.07) is 21.5. The molecule has 5 aromatic rings. The third-order valence-corrected chi connectivity index (χ3v) is 6.61. The van der Waals surface area contributed by atoms with Crippen molar-refractivity contribution in [3.63, 3.8) is 0 Å². The minimum atomic E-state index is 0.253. The van der Waals surface area contributed by atoms with E-state index in [1.54, 1.807) is 0 Å². The van der Waals surface area contributed by atoms with Gasteiger partial charge in [-0.2, -0.15) is 0 Å². The van der Waals surface area contributed by atoms with Gasteiger partial charge in [0.15, 0.2) is 0 Å². The number of ether oxygens (including phenoxy) is 1. The predicted molar refractivity (Wildman–Crippen MR) is 124 cm³/mol. The van der Waals surface area contributed by atoms with E-state index in [0.717, 1.165) is 34.7 Å². The molecular weight excluding hydrogens is 382 g/mol. The van der Waals surface area contributed by atoms with Crippen LogP contribution in [0.2, 0.25) is 0 Å². The van der Waals surface area contributed by atoms with Crippen molar-refractivity contribution in [1.82, 2.24) is 14.0 Å². The Balaban J connectivity index is 1.48. The molecule has 3 heterocycles. The highest BCUT2D eigenvalue weighted by Crippen LogP contribution is 2.47. The van der Waals surface area contributed by atoms with Crippen LogP contribution in [0.3, 0.4) is 0 Å². The van der Waals surface area contributed by atoms with E-state index in [-0.39, 0.29) is 5.92 Å². The average molecular weight is 403 g/mol. The molecule has 1 aliphatic heterocycles. The standard InChI is InChI=1S/C27H21N3O/c1-16-8-11-25-19(13-16)20-15-18(9-12-26(20)31-25)29-22-5-3-4-6-23(22)30-24-14-17(2)7-10-21(24)28-27(29)30/h3-14,20H,15H2,1-2H3. The number of benzene rings is 3. The highest BCUT2D eigenvalue weighted by molar-refractivity contribution is 5.93. The zero-order chi connectivity index (χ0) is 20.7. The number of aromatic nitrogens is 3. The molecule has 1 unspecified atom stereocenters. The average Bonchev–Trinajstić information content (AvgIpc) is 3.41. The van der Waals surface area contributed by atoms with Crippen LogP contribution in [0.25, 0.3) is 33.5 Å². The van der Waals surface area contributed by atoms with Crippen LogP contribution in [0.1, 0.15) is 29.0 Å². The van der Waals surface area contributed by atoms with Gasteiger partial charge in [-0.05, 0) is 61.9 Å². The number of aryl methyl sites for hydroxylation is 2. The van der Waals surface area contributed by atoms with Gasteiger partial charge in [0.1, 0.15) is 11.5 Å². The summed E-state index contributed by atoms with van der Waals surface area (Å²) in [5, 5.41) is 0. The Morgan fingerprint density at radius 1 is 0.871 bits per heavy atom. The van der Waals surface area contributed by atoms with Gasteiger partial charge in [-0.15, -0.1) is 0 Å². The normalized spacial score (nSPS) is 17.5. The molecule has 0 saturated heterocycles. The molecule has 3 aromatic carbocycles. The van der Waals surface area contributed by atoms with Crippen molar-refractivity contribution in [1.29, 1.82) is 0 Å². The molecule has 2 aliphatic rings. The maximum atomic E-state index is 6.15. The molecule has 31 heavy (non-hydrogen) atoms. The fourth-order valence-electron chi connectivity index (χ4n) is 5.16. The molecule has 0 N–H and O–H groups in total. The molecule has 0 fully saturated rings. The number of para-hydroxylation sites is 2. The second-order valence-electron chi connectivity index (χ2n) is 8.69. The third-order valence-electron chi connectivity index (χ3n) is 6.61. The Morgan fingerprint density at radius 2 is 1.68 bits per heavy atom. The van der Waals surface area contributed by atoms with Gasteiger partial charge in [-0.1, -0.05) is 35.9 Å². The number of hydrogen-bond donors (Lipinski definition) is 0. The molecule has 1 atom stereocenters. The molecule has 0 amide bonds. The van der Waals surface area contributed by atoms with Crippen molar-refractivity contribution in [2.24, 2.45) is 0 Å². The SMILES string of the molecule is Cc1ccc2c(c1)C1CC(n3c4ccccc4n4c5cc(C)ccc5nc34)=CC=C1O2. The van der Waals surface area contributed by atoms with Crippen LogP contribution in [0.15, 0.2) is 78.6 Å². The molecule has 2 aromatic heterocycles. The minimum Gasteiger partial charge on any atom is -0.461 e. The van der Waals surface area contributed by atoms with Gasteiger partial charge in [0, 0.05) is 17.7 Å². The van der Waals surface area contributed by atoms with Gasteiger partial charge in [0.25, 0.3) is 0 Å². The Labute approximate surface area is 179 Å². The van der Waals surface area contributed by atoms with Crippen LogP contribution in [-0.2, 0) is 0 Å². The second-order valence-corrected chi connectivity index (χ2v) is 8.69. The predicted octanol–water partition coefficient (Wildman–Crippen LogP) is 6.36. The van der Waals surface area contributed by atoms with E-state index < -0.39 is 0 Å². The first-order valence-corrected chi connectivity index (χ1v) is 10.8. The van der Waals surface area contributed by atoms with Crippen LogP contribution in [-0.4, -0.2) is 14.0 Å². The first kappa shape index (κ1) is 16.9. The zero-order valence-electron chi connectivity index (χ0n) is 17.5. The van der Waals surface area contributed by atoms with E-state index in [0.29, 0.717) is 0 Å². The van der Waals surface area contributed by atoms with Crippen molar-refractivity contribution < 1.29 is 4.74 Å². The van der Waals surface area contributed by atoms with Crippen molar-refractivity contribution in [3.05, 3.63) is 95.3 Å². The number of imidazole rings is 2. The molecule has 1 aliphatic carbocycles. The summed E-state index contributed by atoms with van der Waals surface area (Å²) >= 11 is 0. The molecule has 4 heteroatoms. The Kier molecular flexibility index (Phi) is 3.22. The van der Waals surface area contributed by atoms with Gasteiger partial charge in [0.05, 0.1) is 28.0 Å². The maximum absolute atomic E-state index is 6.15. The third kappa shape index (κ3) is 2.27. The van der Waals surface area contributed by atoms with Crippen LogP contribution in [0.5, 0.6) is 5.75 Å². The molecule has 0 radical (unpaired) electrons. The van der Waals surface area contributed by atoms with Crippen molar-refractivity contribution in [2.75, 3.05) is 0 Å². The molecule has 0 saturated carbocycles. The first-order valence-electron chi connectivity index (χ1n) is 10.8. The Bertz CT molecular complexity index is 1610. The molecule has 4 nitrogen and oxygen atoms in total. The summed E-state index contributed by atoms with van der Waals surface area (Å²) in [7, 11) is 0. The highest BCUT2D eigenvalue weighted by atomic mass is 16.5. The van der Waals surface area contributed by atoms with E-state index in [1.807, 2.05) is 0 Å². The summed E-state index contributed by atoms with van der Waals surface area (Å²) in [4.78, 5) is 5.05. The van der Waals surface area contributed by atoms with Crippen LogP contribution in [0.4, 0.5) is 0 Å². The summed E-state index contributed by atoms with van der Waals surface area (Å²) in [5.74, 6) is 3.25. The van der Waals surface area contributed by atoms with E-state index in [4.69, 9.17) is 9.72 Å². The number of hydrogen-bond acceptors (Lipinski definition) is 2. The summed E-state index contributed by atoms with van der Waals surface area (Å²) in [6.45, 7) is 4.27. The topological polar surface area (TPSA) is 31.5 Å². The molecule has 150 valence electrons. The van der Waals surface area contributed by atoms with Crippen LogP contribution >= 0.6 is 0 Å². The molecule has 0 spiro atoms. The number of fused-ring (bicyclic) bond motifs is 8. The summed E-state index contributed by atoms with van der Waals surface area (Å²) in [6.07, 6.45) is 5.22. The fraction of sp³-hybridized carbons (Fsp3) is 0.148. The van der Waals surface area contributed by atoms with E-state index in [9.17, 15) is 0 Å². The fourth-order valence-corrected chi connectivity index (χ4v) is 5.16. The van der Waals surface area contributed by atoms with Gasteiger partial charge < -0.3 is 4.74 Å². The quantitative estimate of drug-likeness (QED) is 0.326. The Hall–Kier alpha value is -3.79. The van der Waals surface area contributed by atoms with Gasteiger partial charge in [0.2, 0.25) is 5.78 Å². The van der Waals surface area contributed by atoms with Crippen molar-refractivity contribution >= 4 is 33.5 Å². The van der Waals surface area contributed by atoms with Crippen LogP contribution in [0, 0.1) is 13.8 Å². The van der Waals surface area contributed by atoms with Gasteiger partial charge >= 0.3 is 0 Å². The highest BCUT2D eigenvalue weighted by Gasteiger charge is 2.33. The smallest absolute Gasteiger partial charge is 0.220 e. The lowest BCUT2D eigenvalue weighted by atomic mass is 9.89. The van der Waals surface area contributed by atoms with Crippen molar-refractivity contribution in [2.45, 2.75) is 26.2 Å². The monoisotopic (exact) mass is 403 g/mol. The molecular formula is C27H21N3O. The lowest BCUT2D eigenvalue weighted by Gasteiger charge is -2.19. The maximum Gasteiger partial charge on any atom is 0.220 e. The largest absolute Gasteiger partial charge is 0.461 e. The lowest BCUT2D eigenvalue weighted by molar-refractivity contribution is 0.425. The first-order chi connectivity index (χ1) is 15.2. The molecule has 0 bridgehead atoms. The van der Waals surface area contributed by atoms with Crippen LogP contribution < -0.4 is 4.74 Å². The van der Waals surface area contributed by atoms with Gasteiger partial charge in [-0.3, -0.25) is 8.97 Å². The summed E-state index contributed by atoms with van der Waals surface area (Å²) in [5.41, 5.74) is 9.58. The Morgan fingerprint density at radius 3 is 2.58 bits per heavy atom. The van der Waals surface area contributed by atoms with E-state index in [1.165, 1.54) is 33.4 Å². The zero-order valence-corrected chi connectivity index (χ0v) is 17.5. The van der Waals surface area contributed by atoms with E-state index in [2.05, 4.69) is 95.6 Å². The second kappa shape index (κ2) is 5.88. The molecule has 7 rings (SSSR count). The minimum absolute atomic E-state index is 0.253. The van der Waals surface area contributed by atoms with Gasteiger partial charge in [-0.25, -0.2) is 4.98 Å². The number of nitrogens with zero attached hydrogens (tertiary/aromatic N) is 3. The summed E-state index contributed by atoms with van der Waals surface area (Å²) < 4.78 is 10.8. The van der Waals surface area contributed by atoms with E-state index >= 15 is 0 Å². The number of rotatable bonds is 1. The lowest BCUT2D eigenvalue weighted by Crippen LogP contribution is -2.09. The number of allylic oxidation sites excluding steroid dienone is 4. The van der Waals surface area contributed by atoms with Crippen molar-refractivity contribution in [3.8, 4) is 5.75 Å².